The highest BCUT2D eigenvalue weighted by atomic mass is 32.1. The fourth-order valence-electron chi connectivity index (χ4n) is 3.82. The van der Waals surface area contributed by atoms with Gasteiger partial charge in [-0.15, -0.1) is 11.3 Å². The van der Waals surface area contributed by atoms with E-state index in [0.717, 1.165) is 35.4 Å². The number of nitrogens with one attached hydrogen (secondary N) is 2. The lowest BCUT2D eigenvalue weighted by molar-refractivity contribution is 0.0949. The highest BCUT2D eigenvalue weighted by molar-refractivity contribution is 7.16. The number of aromatic amines is 1. The molecule has 29 heavy (non-hydrogen) atoms. The van der Waals surface area contributed by atoms with E-state index in [-0.39, 0.29) is 17.0 Å². The lowest BCUT2D eigenvalue weighted by Gasteiger charge is -2.19. The van der Waals surface area contributed by atoms with Crippen LogP contribution in [0.25, 0.3) is 4.96 Å². The standard InChI is InChI=1S/C21H27N5O2S/c1-14-4-3-8-25(9-7-14)12-16-5-6-18(20(28)23-16)19(27)22-10-17-13-26-11-15(2)29-21(26)24-17/h5-6,11,13-14H,3-4,7-10,12H2,1-2H3,(H,22,27)(H,23,28)/t14-/m1/s1. The Kier molecular flexibility index (Phi) is 5.82. The molecule has 1 saturated heterocycles. The van der Waals surface area contributed by atoms with Crippen molar-refractivity contribution in [3.05, 3.63) is 56.7 Å². The second kappa shape index (κ2) is 8.51. The van der Waals surface area contributed by atoms with Crippen molar-refractivity contribution < 1.29 is 4.79 Å². The summed E-state index contributed by atoms with van der Waals surface area (Å²) in [6.07, 6.45) is 7.55. The third-order valence-corrected chi connectivity index (χ3v) is 6.38. The maximum atomic E-state index is 12.5. The average Bonchev–Trinajstić information content (AvgIpc) is 3.13. The number of rotatable bonds is 5. The number of aromatic nitrogens is 3. The number of H-pyrrole nitrogens is 1. The van der Waals surface area contributed by atoms with Gasteiger partial charge in [-0.25, -0.2) is 4.98 Å². The number of fused-ring (bicyclic) bond motifs is 1. The van der Waals surface area contributed by atoms with Gasteiger partial charge in [0.05, 0.1) is 12.2 Å². The molecule has 1 fully saturated rings. The zero-order chi connectivity index (χ0) is 20.4. The summed E-state index contributed by atoms with van der Waals surface area (Å²) in [5.74, 6) is 0.384. The molecule has 0 spiro atoms. The van der Waals surface area contributed by atoms with Gasteiger partial charge in [-0.05, 0) is 57.3 Å². The van der Waals surface area contributed by atoms with E-state index in [2.05, 4.69) is 27.1 Å². The number of hydrogen-bond acceptors (Lipinski definition) is 5. The first kappa shape index (κ1) is 19.8. The number of imidazole rings is 1. The quantitative estimate of drug-likeness (QED) is 0.674. The first-order valence-electron chi connectivity index (χ1n) is 10.1. The van der Waals surface area contributed by atoms with Crippen molar-refractivity contribution in [1.82, 2.24) is 24.6 Å². The van der Waals surface area contributed by atoms with E-state index in [1.54, 1.807) is 17.4 Å². The summed E-state index contributed by atoms with van der Waals surface area (Å²) in [6.45, 7) is 7.44. The summed E-state index contributed by atoms with van der Waals surface area (Å²) in [7, 11) is 0. The van der Waals surface area contributed by atoms with Crippen LogP contribution in [0.2, 0.25) is 0 Å². The Balaban J connectivity index is 1.37. The summed E-state index contributed by atoms with van der Waals surface area (Å²) in [6, 6.07) is 3.47. The molecular formula is C21H27N5O2S. The normalized spacial score (nSPS) is 18.1. The van der Waals surface area contributed by atoms with Crippen LogP contribution in [0.3, 0.4) is 0 Å². The van der Waals surface area contributed by atoms with Gasteiger partial charge in [0.2, 0.25) is 0 Å². The van der Waals surface area contributed by atoms with E-state index < -0.39 is 0 Å². The predicted octanol–water partition coefficient (Wildman–Crippen LogP) is 2.94. The number of likely N-dealkylation sites (tertiary alicyclic amines) is 1. The van der Waals surface area contributed by atoms with Crippen LogP contribution in [0.5, 0.6) is 0 Å². The molecule has 0 aromatic carbocycles. The first-order chi connectivity index (χ1) is 14.0. The van der Waals surface area contributed by atoms with Crippen LogP contribution < -0.4 is 10.9 Å². The lowest BCUT2D eigenvalue weighted by Crippen LogP contribution is -2.31. The number of amides is 1. The molecule has 1 aliphatic rings. The number of carbonyl (C=O) groups excluding carboxylic acids is 1. The van der Waals surface area contributed by atoms with Crippen LogP contribution in [-0.4, -0.2) is 38.3 Å². The van der Waals surface area contributed by atoms with Crippen molar-refractivity contribution in [2.24, 2.45) is 5.92 Å². The Labute approximate surface area is 173 Å². The third kappa shape index (κ3) is 4.76. The minimum absolute atomic E-state index is 0.134. The Bertz CT molecular complexity index is 1040. The zero-order valence-corrected chi connectivity index (χ0v) is 17.7. The molecule has 0 unspecified atom stereocenters. The number of aryl methyl sites for hydroxylation is 1. The Morgan fingerprint density at radius 2 is 2.17 bits per heavy atom. The summed E-state index contributed by atoms with van der Waals surface area (Å²) in [5.41, 5.74) is 1.42. The van der Waals surface area contributed by atoms with Crippen molar-refractivity contribution in [2.75, 3.05) is 13.1 Å². The van der Waals surface area contributed by atoms with E-state index in [9.17, 15) is 9.59 Å². The topological polar surface area (TPSA) is 82.5 Å². The summed E-state index contributed by atoms with van der Waals surface area (Å²) < 4.78 is 1.95. The van der Waals surface area contributed by atoms with E-state index in [4.69, 9.17) is 0 Å². The smallest absolute Gasteiger partial charge is 0.261 e. The van der Waals surface area contributed by atoms with Gasteiger partial charge in [-0.2, -0.15) is 0 Å². The maximum Gasteiger partial charge on any atom is 0.261 e. The molecule has 3 aromatic heterocycles. The molecule has 1 amide bonds. The fraction of sp³-hybridized carbons (Fsp3) is 0.476. The van der Waals surface area contributed by atoms with Crippen LogP contribution in [-0.2, 0) is 13.1 Å². The molecule has 1 atom stereocenters. The minimum Gasteiger partial charge on any atom is -0.346 e. The SMILES string of the molecule is Cc1cn2cc(CNC(=O)c3ccc(CN4CCC[C@@H](C)CC4)[nH]c3=O)nc2s1. The lowest BCUT2D eigenvalue weighted by atomic mass is 10.0. The Morgan fingerprint density at radius 1 is 1.31 bits per heavy atom. The number of carbonyl (C=O) groups is 1. The molecule has 0 aliphatic carbocycles. The number of hydrogen-bond donors (Lipinski definition) is 2. The van der Waals surface area contributed by atoms with Gasteiger partial charge in [0.1, 0.15) is 5.56 Å². The van der Waals surface area contributed by atoms with Crippen molar-refractivity contribution in [3.8, 4) is 0 Å². The molecule has 7 nitrogen and oxygen atoms in total. The van der Waals surface area contributed by atoms with Crippen molar-refractivity contribution >= 4 is 22.2 Å². The molecule has 0 saturated carbocycles. The number of pyridine rings is 1. The monoisotopic (exact) mass is 413 g/mol. The first-order valence-corrected chi connectivity index (χ1v) is 11.0. The molecule has 8 heteroatoms. The molecule has 0 bridgehead atoms. The van der Waals surface area contributed by atoms with Gasteiger partial charge in [-0.1, -0.05) is 6.92 Å². The van der Waals surface area contributed by atoms with Crippen LogP contribution in [0.4, 0.5) is 0 Å². The molecule has 4 heterocycles. The van der Waals surface area contributed by atoms with Gasteiger partial charge >= 0.3 is 0 Å². The number of thiazole rings is 1. The van der Waals surface area contributed by atoms with E-state index in [0.29, 0.717) is 13.1 Å². The summed E-state index contributed by atoms with van der Waals surface area (Å²) in [5, 5.41) is 2.79. The molecule has 4 rings (SSSR count). The van der Waals surface area contributed by atoms with Crippen LogP contribution in [0.1, 0.15) is 52.8 Å². The van der Waals surface area contributed by atoms with Crippen LogP contribution in [0.15, 0.2) is 29.3 Å². The van der Waals surface area contributed by atoms with Crippen molar-refractivity contribution in [1.29, 1.82) is 0 Å². The van der Waals surface area contributed by atoms with E-state index in [1.807, 2.05) is 29.8 Å². The minimum atomic E-state index is -0.381. The van der Waals surface area contributed by atoms with E-state index in [1.165, 1.54) is 24.1 Å². The van der Waals surface area contributed by atoms with Crippen molar-refractivity contribution in [2.45, 2.75) is 46.2 Å². The summed E-state index contributed by atoms with van der Waals surface area (Å²) in [4.78, 5) is 36.7. The van der Waals surface area contributed by atoms with Crippen LogP contribution >= 0.6 is 11.3 Å². The van der Waals surface area contributed by atoms with Gasteiger partial charge in [0.25, 0.3) is 11.5 Å². The predicted molar refractivity (Wildman–Crippen MR) is 114 cm³/mol. The highest BCUT2D eigenvalue weighted by Crippen LogP contribution is 2.18. The molecule has 3 aromatic rings. The molecule has 154 valence electrons. The fourth-order valence-corrected chi connectivity index (χ4v) is 4.65. The zero-order valence-electron chi connectivity index (χ0n) is 16.9. The average molecular weight is 414 g/mol. The van der Waals surface area contributed by atoms with Gasteiger partial charge in [0.15, 0.2) is 4.96 Å². The second-order valence-corrected chi connectivity index (χ2v) is 9.20. The maximum absolute atomic E-state index is 12.5. The van der Waals surface area contributed by atoms with Gasteiger partial charge in [0, 0.05) is 29.5 Å². The van der Waals surface area contributed by atoms with Gasteiger partial charge < -0.3 is 10.3 Å². The molecule has 1 aliphatic heterocycles. The third-order valence-electron chi connectivity index (χ3n) is 5.47. The van der Waals surface area contributed by atoms with Crippen LogP contribution in [0, 0.1) is 12.8 Å². The second-order valence-electron chi connectivity index (χ2n) is 7.99. The summed E-state index contributed by atoms with van der Waals surface area (Å²) >= 11 is 1.60. The Morgan fingerprint density at radius 3 is 2.97 bits per heavy atom. The molecular weight excluding hydrogens is 386 g/mol. The molecule has 0 radical (unpaired) electrons. The highest BCUT2D eigenvalue weighted by Gasteiger charge is 2.16. The molecule has 2 N–H and O–H groups in total. The largest absolute Gasteiger partial charge is 0.346 e. The van der Waals surface area contributed by atoms with Crippen molar-refractivity contribution in [3.63, 3.8) is 0 Å². The van der Waals surface area contributed by atoms with Gasteiger partial charge in [-0.3, -0.25) is 18.9 Å². The number of nitrogens with zero attached hydrogens (tertiary/aromatic N) is 3. The van der Waals surface area contributed by atoms with E-state index >= 15 is 0 Å². The Hall–Kier alpha value is -2.45.